The van der Waals surface area contributed by atoms with Crippen LogP contribution in [0, 0.1) is 5.82 Å². The Labute approximate surface area is 189 Å². The highest BCUT2D eigenvalue weighted by atomic mass is 32.2. The lowest BCUT2D eigenvalue weighted by Crippen LogP contribution is -2.58. The van der Waals surface area contributed by atoms with Crippen LogP contribution >= 0.6 is 0 Å². The third-order valence-electron chi connectivity index (χ3n) is 5.50. The molecule has 1 saturated heterocycles. The Hall–Kier alpha value is -2.49. The Morgan fingerprint density at radius 3 is 2.28 bits per heavy atom. The van der Waals surface area contributed by atoms with Crippen molar-refractivity contribution < 1.29 is 22.3 Å². The number of amides is 1. The number of ether oxygens (including phenoxy) is 1. The Bertz CT molecular complexity index is 1050. The van der Waals surface area contributed by atoms with Crippen LogP contribution in [-0.2, 0) is 14.8 Å². The molecule has 7 nitrogen and oxygen atoms in total. The van der Waals surface area contributed by atoms with Crippen LogP contribution in [0.4, 0.5) is 10.1 Å². The molecule has 0 bridgehead atoms. The first kappa shape index (κ1) is 24.2. The third-order valence-corrected chi connectivity index (χ3v) is 6.88. The molecule has 1 aliphatic rings. The molecule has 0 unspecified atom stereocenters. The number of hydrogen-bond donors (Lipinski definition) is 2. The monoisotopic (exact) mass is 463 g/mol. The molecule has 0 saturated carbocycles. The van der Waals surface area contributed by atoms with Gasteiger partial charge in [-0.2, -0.15) is 0 Å². The van der Waals surface area contributed by atoms with Gasteiger partial charge in [0.25, 0.3) is 15.9 Å². The van der Waals surface area contributed by atoms with Crippen molar-refractivity contribution in [3.05, 3.63) is 59.9 Å². The smallest absolute Gasteiger partial charge is 0.261 e. The Balaban J connectivity index is 1.63. The van der Waals surface area contributed by atoms with E-state index in [1.54, 1.807) is 0 Å². The lowest BCUT2D eigenvalue weighted by molar-refractivity contribution is -0.0948. The molecule has 174 valence electrons. The minimum atomic E-state index is -3.98. The summed E-state index contributed by atoms with van der Waals surface area (Å²) >= 11 is 0. The van der Waals surface area contributed by atoms with Crippen molar-refractivity contribution in [1.82, 2.24) is 10.2 Å². The molecule has 0 aromatic heterocycles. The number of nitrogens with one attached hydrogen (secondary N) is 2. The van der Waals surface area contributed by atoms with Crippen LogP contribution in [0.5, 0.6) is 0 Å². The first-order valence-corrected chi connectivity index (χ1v) is 12.0. The second kappa shape index (κ2) is 9.56. The number of benzene rings is 2. The average molecular weight is 464 g/mol. The minimum absolute atomic E-state index is 0.0612. The van der Waals surface area contributed by atoms with Crippen LogP contribution in [-0.4, -0.2) is 56.6 Å². The highest BCUT2D eigenvalue weighted by Crippen LogP contribution is 2.22. The van der Waals surface area contributed by atoms with E-state index in [1.807, 2.05) is 13.8 Å². The number of anilines is 1. The minimum Gasteiger partial charge on any atom is -0.373 e. The number of halogens is 1. The molecular formula is C23H30FN3O4S. The molecule has 2 aromatic carbocycles. The molecule has 1 heterocycles. The molecule has 0 spiro atoms. The van der Waals surface area contributed by atoms with E-state index in [-0.39, 0.29) is 34.2 Å². The molecule has 2 atom stereocenters. The molecule has 1 aliphatic heterocycles. The summed E-state index contributed by atoms with van der Waals surface area (Å²) < 4.78 is 46.8. The predicted octanol–water partition coefficient (Wildman–Crippen LogP) is 3.24. The molecule has 1 fully saturated rings. The molecule has 32 heavy (non-hydrogen) atoms. The molecule has 2 N–H and O–H groups in total. The SMILES string of the molecule is C[C@@H]1CN(C(C)(C)CNC(=O)c2ccc(S(=O)(=O)Nc3ccccc3F)cc2)C[C@H](C)O1. The van der Waals surface area contributed by atoms with Crippen molar-refractivity contribution in [2.45, 2.75) is 50.3 Å². The molecule has 9 heteroatoms. The van der Waals surface area contributed by atoms with Gasteiger partial charge in [0.05, 0.1) is 22.8 Å². The van der Waals surface area contributed by atoms with Gasteiger partial charge in [0.2, 0.25) is 0 Å². The predicted molar refractivity (Wildman–Crippen MR) is 122 cm³/mol. The van der Waals surface area contributed by atoms with E-state index in [9.17, 15) is 17.6 Å². The van der Waals surface area contributed by atoms with Gasteiger partial charge in [-0.3, -0.25) is 14.4 Å². The number of rotatable bonds is 7. The van der Waals surface area contributed by atoms with Crippen molar-refractivity contribution in [3.63, 3.8) is 0 Å². The van der Waals surface area contributed by atoms with E-state index in [0.717, 1.165) is 13.1 Å². The number of nitrogens with zero attached hydrogens (tertiary/aromatic N) is 1. The van der Waals surface area contributed by atoms with Crippen LogP contribution in [0.3, 0.4) is 0 Å². The van der Waals surface area contributed by atoms with Gasteiger partial charge in [0.15, 0.2) is 0 Å². The molecule has 0 radical (unpaired) electrons. The van der Waals surface area contributed by atoms with Crippen molar-refractivity contribution in [1.29, 1.82) is 0 Å². The highest BCUT2D eigenvalue weighted by molar-refractivity contribution is 7.92. The van der Waals surface area contributed by atoms with Crippen molar-refractivity contribution >= 4 is 21.6 Å². The summed E-state index contributed by atoms with van der Waals surface area (Å²) in [5, 5.41) is 2.94. The van der Waals surface area contributed by atoms with Gasteiger partial charge in [-0.05, 0) is 64.1 Å². The molecule has 2 aromatic rings. The van der Waals surface area contributed by atoms with E-state index in [2.05, 4.69) is 28.8 Å². The van der Waals surface area contributed by atoms with E-state index in [0.29, 0.717) is 12.1 Å². The van der Waals surface area contributed by atoms with Crippen molar-refractivity contribution in [2.24, 2.45) is 0 Å². The molecule has 0 aliphatic carbocycles. The second-order valence-corrected chi connectivity index (χ2v) is 10.4. The van der Waals surface area contributed by atoms with Crippen LogP contribution in [0.25, 0.3) is 0 Å². The van der Waals surface area contributed by atoms with Gasteiger partial charge >= 0.3 is 0 Å². The highest BCUT2D eigenvalue weighted by Gasteiger charge is 2.33. The molecule has 1 amide bonds. The average Bonchev–Trinajstić information content (AvgIpc) is 2.73. The van der Waals surface area contributed by atoms with Gasteiger partial charge in [-0.15, -0.1) is 0 Å². The Morgan fingerprint density at radius 1 is 1.09 bits per heavy atom. The van der Waals surface area contributed by atoms with Gasteiger partial charge in [0, 0.05) is 30.7 Å². The maximum absolute atomic E-state index is 13.8. The Kier molecular flexibility index (Phi) is 7.22. The van der Waals surface area contributed by atoms with Crippen molar-refractivity contribution in [3.8, 4) is 0 Å². The lowest BCUT2D eigenvalue weighted by atomic mass is 10.00. The first-order valence-electron chi connectivity index (χ1n) is 10.5. The van der Waals surface area contributed by atoms with E-state index < -0.39 is 15.8 Å². The zero-order chi connectivity index (χ0) is 23.5. The third kappa shape index (κ3) is 5.85. The number of morpholine rings is 1. The summed E-state index contributed by atoms with van der Waals surface area (Å²) in [4.78, 5) is 14.9. The number of carbonyl (C=O) groups is 1. The van der Waals surface area contributed by atoms with Crippen LogP contribution in [0.2, 0.25) is 0 Å². The summed E-state index contributed by atoms with van der Waals surface area (Å²) in [6.45, 7) is 10.2. The molecule has 3 rings (SSSR count). The second-order valence-electron chi connectivity index (χ2n) is 8.77. The van der Waals surface area contributed by atoms with E-state index in [4.69, 9.17) is 4.74 Å². The topological polar surface area (TPSA) is 87.7 Å². The standard InChI is InChI=1S/C23H30FN3O4S/c1-16-13-27(14-17(2)31-16)23(3,4)15-25-22(28)18-9-11-19(12-10-18)32(29,30)26-21-8-6-5-7-20(21)24/h5-12,16-17,26H,13-15H2,1-4H3,(H,25,28)/t16-,17+. The van der Waals surface area contributed by atoms with Gasteiger partial charge in [0.1, 0.15) is 5.82 Å². The number of para-hydroxylation sites is 1. The summed E-state index contributed by atoms with van der Waals surface area (Å²) in [5.74, 6) is -0.961. The maximum atomic E-state index is 13.8. The summed E-state index contributed by atoms with van der Waals surface area (Å²) in [7, 11) is -3.98. The fraction of sp³-hybridized carbons (Fsp3) is 0.435. The van der Waals surface area contributed by atoms with Crippen LogP contribution in [0.1, 0.15) is 38.1 Å². The first-order chi connectivity index (χ1) is 15.0. The summed E-state index contributed by atoms with van der Waals surface area (Å²) in [5.41, 5.74) is -0.0628. The zero-order valence-corrected chi connectivity index (χ0v) is 19.6. The van der Waals surface area contributed by atoms with Gasteiger partial charge in [-0.1, -0.05) is 12.1 Å². The number of hydrogen-bond acceptors (Lipinski definition) is 5. The van der Waals surface area contributed by atoms with Gasteiger partial charge in [-0.25, -0.2) is 12.8 Å². The summed E-state index contributed by atoms with van der Waals surface area (Å²) in [6.07, 6.45) is 0.252. The van der Waals surface area contributed by atoms with Gasteiger partial charge < -0.3 is 10.1 Å². The quantitative estimate of drug-likeness (QED) is 0.658. The Morgan fingerprint density at radius 2 is 1.69 bits per heavy atom. The fourth-order valence-electron chi connectivity index (χ4n) is 3.72. The fourth-order valence-corrected chi connectivity index (χ4v) is 4.78. The van der Waals surface area contributed by atoms with E-state index in [1.165, 1.54) is 48.5 Å². The van der Waals surface area contributed by atoms with Crippen LogP contribution < -0.4 is 10.0 Å². The lowest BCUT2D eigenvalue weighted by Gasteiger charge is -2.45. The number of sulfonamides is 1. The van der Waals surface area contributed by atoms with E-state index >= 15 is 0 Å². The van der Waals surface area contributed by atoms with Crippen LogP contribution in [0.15, 0.2) is 53.4 Å². The maximum Gasteiger partial charge on any atom is 0.261 e. The van der Waals surface area contributed by atoms with Crippen molar-refractivity contribution in [2.75, 3.05) is 24.4 Å². The molecular weight excluding hydrogens is 433 g/mol. The normalized spacial score (nSPS) is 20.0. The summed E-state index contributed by atoms with van der Waals surface area (Å²) in [6, 6.07) is 11.1. The largest absolute Gasteiger partial charge is 0.373 e. The zero-order valence-electron chi connectivity index (χ0n) is 18.8. The number of carbonyl (C=O) groups excluding carboxylic acids is 1.